The minimum Gasteiger partial charge on any atom is -0.462 e. The monoisotopic (exact) mass is 886 g/mol. The van der Waals surface area contributed by atoms with Gasteiger partial charge in [-0.2, -0.15) is 0 Å². The average molecular weight is 886 g/mol. The van der Waals surface area contributed by atoms with Crippen molar-refractivity contribution in [1.29, 1.82) is 0 Å². The van der Waals surface area contributed by atoms with Gasteiger partial charge in [-0.1, -0.05) is 163 Å². The lowest BCUT2D eigenvalue weighted by Gasteiger charge is -2.22. The molecule has 1 amide bonds. The topological polar surface area (TPSA) is 131 Å². The lowest BCUT2D eigenvalue weighted by atomic mass is 10.0. The number of rotatable bonds is 47. The summed E-state index contributed by atoms with van der Waals surface area (Å²) in [5, 5.41) is 2.75. The number of amides is 1. The maximum Gasteiger partial charge on any atom is 0.306 e. The SMILES string of the molecule is CCCCCCCCC(CC)OC(=O)CCCCCCCN(CCCCCCCC(=O)OC(CCCCCCCC)CCCCCCCC)CCCNC(=O)CS(=O)(=O)NC. The van der Waals surface area contributed by atoms with Crippen molar-refractivity contribution in [1.82, 2.24) is 14.9 Å². The standard InChI is InChI=1S/C50H99N3O7S/c1-6-10-13-16-21-28-36-46(9-4)59-49(55)39-31-24-19-26-33-42-53(44-35-41-52-48(54)45-61(57,58)51-5)43-34-27-20-25-32-40-50(56)60-47(37-29-22-17-14-11-7-2)38-30-23-18-15-12-8-3/h46-47,51H,6-45H2,1-5H3,(H,52,54). The predicted molar refractivity (Wildman–Crippen MR) is 256 cm³/mol. The number of ether oxygens (including phenoxy) is 2. The quantitative estimate of drug-likeness (QED) is 0.0456. The Kier molecular flexibility index (Phi) is 42.3. The highest BCUT2D eigenvalue weighted by molar-refractivity contribution is 7.90. The van der Waals surface area contributed by atoms with Gasteiger partial charge in [-0.05, 0) is 104 Å². The molecule has 0 radical (unpaired) electrons. The summed E-state index contributed by atoms with van der Waals surface area (Å²) in [7, 11) is -2.27. The Morgan fingerprint density at radius 3 is 1.26 bits per heavy atom. The second-order valence-corrected chi connectivity index (χ2v) is 19.8. The summed E-state index contributed by atoms with van der Waals surface area (Å²) in [6.07, 6.45) is 38.8. The molecule has 0 aromatic carbocycles. The van der Waals surface area contributed by atoms with Crippen LogP contribution >= 0.6 is 0 Å². The summed E-state index contributed by atoms with van der Waals surface area (Å²) in [6, 6.07) is 0. The first-order valence-corrected chi connectivity index (χ1v) is 27.5. The van der Waals surface area contributed by atoms with Crippen LogP contribution in [0.5, 0.6) is 0 Å². The molecule has 0 aromatic rings. The predicted octanol–water partition coefficient (Wildman–Crippen LogP) is 12.5. The summed E-state index contributed by atoms with van der Waals surface area (Å²) >= 11 is 0. The minimum atomic E-state index is -3.58. The van der Waals surface area contributed by atoms with Gasteiger partial charge in [-0.15, -0.1) is 0 Å². The number of hydrogen-bond acceptors (Lipinski definition) is 8. The summed E-state index contributed by atoms with van der Waals surface area (Å²) in [5.41, 5.74) is 0. The van der Waals surface area contributed by atoms with Crippen molar-refractivity contribution in [2.45, 2.75) is 265 Å². The Morgan fingerprint density at radius 1 is 0.475 bits per heavy atom. The highest BCUT2D eigenvalue weighted by atomic mass is 32.2. The maximum absolute atomic E-state index is 12.8. The number of nitrogens with zero attached hydrogens (tertiary/aromatic N) is 1. The lowest BCUT2D eigenvalue weighted by Crippen LogP contribution is -2.36. The van der Waals surface area contributed by atoms with Crippen molar-refractivity contribution in [3.63, 3.8) is 0 Å². The molecule has 61 heavy (non-hydrogen) atoms. The largest absolute Gasteiger partial charge is 0.462 e. The third kappa shape index (κ3) is 40.8. The normalized spacial score (nSPS) is 12.3. The van der Waals surface area contributed by atoms with Crippen molar-refractivity contribution >= 4 is 27.9 Å². The molecule has 0 rings (SSSR count). The van der Waals surface area contributed by atoms with Gasteiger partial charge in [0, 0.05) is 19.4 Å². The van der Waals surface area contributed by atoms with Crippen molar-refractivity contribution < 1.29 is 32.3 Å². The highest BCUT2D eigenvalue weighted by Gasteiger charge is 2.16. The van der Waals surface area contributed by atoms with Crippen LogP contribution in [0.1, 0.15) is 252 Å². The summed E-state index contributed by atoms with van der Waals surface area (Å²) in [6.45, 7) is 12.1. The second kappa shape index (κ2) is 43.5. The molecule has 0 heterocycles. The zero-order chi connectivity index (χ0) is 45.1. The third-order valence-electron chi connectivity index (χ3n) is 12.0. The van der Waals surface area contributed by atoms with Gasteiger partial charge in [0.1, 0.15) is 18.0 Å². The molecule has 11 heteroatoms. The molecular formula is C50H99N3O7S. The van der Waals surface area contributed by atoms with Gasteiger partial charge in [0.15, 0.2) is 0 Å². The third-order valence-corrected chi connectivity index (χ3v) is 13.3. The molecule has 0 aromatic heterocycles. The van der Waals surface area contributed by atoms with Crippen LogP contribution in [0.2, 0.25) is 0 Å². The van der Waals surface area contributed by atoms with E-state index in [-0.39, 0.29) is 24.1 Å². The summed E-state index contributed by atoms with van der Waals surface area (Å²) < 4.78 is 37.5. The first-order chi connectivity index (χ1) is 29.6. The molecule has 0 aliphatic heterocycles. The minimum absolute atomic E-state index is 0.0207. The Labute approximate surface area is 377 Å². The van der Waals surface area contributed by atoms with Crippen LogP contribution in [0.25, 0.3) is 0 Å². The van der Waals surface area contributed by atoms with E-state index in [4.69, 9.17) is 9.47 Å². The Balaban J connectivity index is 4.61. The van der Waals surface area contributed by atoms with E-state index in [9.17, 15) is 22.8 Å². The van der Waals surface area contributed by atoms with E-state index in [1.807, 2.05) is 0 Å². The summed E-state index contributed by atoms with van der Waals surface area (Å²) in [4.78, 5) is 39.9. The number of unbranched alkanes of at least 4 members (excludes halogenated alkanes) is 23. The molecule has 0 fully saturated rings. The van der Waals surface area contributed by atoms with Gasteiger partial charge in [-0.3, -0.25) is 14.4 Å². The van der Waals surface area contributed by atoms with Crippen LogP contribution in [-0.4, -0.2) is 82.4 Å². The number of carbonyl (C=O) groups excluding carboxylic acids is 3. The van der Waals surface area contributed by atoms with Gasteiger partial charge in [0.05, 0.1) is 0 Å². The number of hydrogen-bond donors (Lipinski definition) is 2. The van der Waals surface area contributed by atoms with Gasteiger partial charge < -0.3 is 19.7 Å². The van der Waals surface area contributed by atoms with Crippen LogP contribution in [0.3, 0.4) is 0 Å². The lowest BCUT2D eigenvalue weighted by molar-refractivity contribution is -0.150. The van der Waals surface area contributed by atoms with E-state index in [0.29, 0.717) is 19.4 Å². The van der Waals surface area contributed by atoms with Crippen molar-refractivity contribution in [3.8, 4) is 0 Å². The van der Waals surface area contributed by atoms with Crippen LogP contribution in [0.4, 0.5) is 0 Å². The zero-order valence-corrected chi connectivity index (χ0v) is 41.5. The molecule has 0 bridgehead atoms. The molecule has 10 nitrogen and oxygen atoms in total. The van der Waals surface area contributed by atoms with Crippen molar-refractivity contribution in [2.24, 2.45) is 0 Å². The molecule has 2 N–H and O–H groups in total. The first kappa shape index (κ1) is 59.3. The van der Waals surface area contributed by atoms with Gasteiger partial charge in [0.2, 0.25) is 15.9 Å². The number of sulfonamides is 1. The molecule has 0 spiro atoms. The Hall–Kier alpha value is -1.72. The van der Waals surface area contributed by atoms with Gasteiger partial charge in [0.25, 0.3) is 0 Å². The zero-order valence-electron chi connectivity index (χ0n) is 40.7. The molecule has 0 saturated carbocycles. The van der Waals surface area contributed by atoms with Crippen LogP contribution < -0.4 is 10.0 Å². The number of nitrogens with one attached hydrogen (secondary N) is 2. The van der Waals surface area contributed by atoms with Crippen molar-refractivity contribution in [2.75, 3.05) is 39.0 Å². The van der Waals surface area contributed by atoms with Crippen LogP contribution in [0, 0.1) is 0 Å². The average Bonchev–Trinajstić information content (AvgIpc) is 3.24. The van der Waals surface area contributed by atoms with Crippen LogP contribution in [-0.2, 0) is 33.9 Å². The fraction of sp³-hybridized carbons (Fsp3) is 0.940. The fourth-order valence-corrected chi connectivity index (χ4v) is 8.58. The Bertz CT molecular complexity index is 1110. The maximum atomic E-state index is 12.8. The number of esters is 2. The smallest absolute Gasteiger partial charge is 0.306 e. The Morgan fingerprint density at radius 2 is 0.836 bits per heavy atom. The molecule has 0 aliphatic carbocycles. The first-order valence-electron chi connectivity index (χ1n) is 25.9. The molecule has 1 atom stereocenters. The fourth-order valence-electron chi connectivity index (χ4n) is 7.99. The van der Waals surface area contributed by atoms with E-state index in [2.05, 4.69) is 42.6 Å². The highest BCUT2D eigenvalue weighted by Crippen LogP contribution is 2.19. The molecular weight excluding hydrogens is 787 g/mol. The van der Waals surface area contributed by atoms with Crippen molar-refractivity contribution in [3.05, 3.63) is 0 Å². The molecule has 362 valence electrons. The molecule has 1 unspecified atom stereocenters. The molecule has 0 saturated heterocycles. The van der Waals surface area contributed by atoms with E-state index in [1.54, 1.807) is 0 Å². The number of carbonyl (C=O) groups is 3. The summed E-state index contributed by atoms with van der Waals surface area (Å²) in [5.74, 6) is -1.11. The van der Waals surface area contributed by atoms with E-state index in [1.165, 1.54) is 103 Å². The second-order valence-electron chi connectivity index (χ2n) is 17.8. The van der Waals surface area contributed by atoms with E-state index >= 15 is 0 Å². The molecule has 0 aliphatic rings. The van der Waals surface area contributed by atoms with E-state index < -0.39 is 21.7 Å². The van der Waals surface area contributed by atoms with Gasteiger partial charge in [-0.25, -0.2) is 13.1 Å². The van der Waals surface area contributed by atoms with E-state index in [0.717, 1.165) is 135 Å². The van der Waals surface area contributed by atoms with Gasteiger partial charge >= 0.3 is 11.9 Å². The van der Waals surface area contributed by atoms with Crippen LogP contribution in [0.15, 0.2) is 0 Å².